The first-order chi connectivity index (χ1) is 7.58. The van der Waals surface area contributed by atoms with Gasteiger partial charge in [-0.15, -0.1) is 0 Å². The van der Waals surface area contributed by atoms with Gasteiger partial charge in [-0.2, -0.15) is 16.7 Å². The van der Waals surface area contributed by atoms with Crippen LogP contribution in [0.5, 0.6) is 0 Å². The molecule has 6 nitrogen and oxygen atoms in total. The predicted molar refractivity (Wildman–Crippen MR) is 58.0 cm³/mol. The molecule has 1 aromatic heterocycles. The minimum absolute atomic E-state index is 0.0334. The molecular weight excluding hydrogens is 232 g/mol. The minimum atomic E-state index is -1.02. The van der Waals surface area contributed by atoms with Gasteiger partial charge in [0.1, 0.15) is 13.2 Å². The highest BCUT2D eigenvalue weighted by Crippen LogP contribution is 2.14. The van der Waals surface area contributed by atoms with Crippen molar-refractivity contribution in [1.29, 1.82) is 0 Å². The number of ether oxygens (including phenoxy) is 1. The van der Waals surface area contributed by atoms with Gasteiger partial charge >= 0.3 is 5.97 Å². The van der Waals surface area contributed by atoms with E-state index in [1.807, 2.05) is 0 Å². The molecule has 1 heterocycles. The Morgan fingerprint density at radius 1 is 1.62 bits per heavy atom. The zero-order chi connectivity index (χ0) is 12.0. The monoisotopic (exact) mass is 246 g/mol. The lowest BCUT2D eigenvalue weighted by Crippen LogP contribution is -2.06. The van der Waals surface area contributed by atoms with Crippen LogP contribution in [0, 0.1) is 0 Å². The fourth-order valence-corrected chi connectivity index (χ4v) is 1.47. The molecule has 7 heteroatoms. The Bertz CT molecular complexity index is 340. The maximum Gasteiger partial charge on any atom is 0.329 e. The topological polar surface area (TPSA) is 85.5 Å². The number of hydrogen-bond acceptors (Lipinski definition) is 6. The van der Waals surface area contributed by atoms with Crippen molar-refractivity contribution < 1.29 is 19.2 Å². The van der Waals surface area contributed by atoms with E-state index in [9.17, 15) is 4.79 Å². The molecule has 0 aliphatic carbocycles. The molecule has 1 rings (SSSR count). The van der Waals surface area contributed by atoms with Gasteiger partial charge in [0.2, 0.25) is 0 Å². The van der Waals surface area contributed by atoms with Crippen molar-refractivity contribution in [3.8, 4) is 0 Å². The first-order valence-corrected chi connectivity index (χ1v) is 5.85. The first kappa shape index (κ1) is 13.0. The molecule has 0 unspecified atom stereocenters. The molecular formula is C9H14N2O4S. The Labute approximate surface area is 97.4 Å². The maximum atomic E-state index is 10.2. The molecule has 1 aromatic rings. The molecule has 90 valence electrons. The zero-order valence-corrected chi connectivity index (χ0v) is 9.99. The summed E-state index contributed by atoms with van der Waals surface area (Å²) in [6.45, 7) is 3.84. The van der Waals surface area contributed by atoms with Gasteiger partial charge in [-0.1, -0.05) is 19.0 Å². The van der Waals surface area contributed by atoms with Crippen LogP contribution in [0.15, 0.2) is 4.52 Å². The van der Waals surface area contributed by atoms with E-state index in [0.29, 0.717) is 22.7 Å². The fraction of sp³-hybridized carbons (Fsp3) is 0.667. The highest BCUT2D eigenvalue weighted by molar-refractivity contribution is 7.99. The third-order valence-corrected chi connectivity index (χ3v) is 2.60. The predicted octanol–water partition coefficient (Wildman–Crippen LogP) is 1.31. The molecule has 1 N–H and O–H groups in total. The van der Waals surface area contributed by atoms with Crippen molar-refractivity contribution in [2.45, 2.75) is 31.5 Å². The van der Waals surface area contributed by atoms with Crippen LogP contribution >= 0.6 is 11.8 Å². The van der Waals surface area contributed by atoms with E-state index in [2.05, 4.69) is 24.0 Å². The van der Waals surface area contributed by atoms with E-state index < -0.39 is 5.97 Å². The van der Waals surface area contributed by atoms with Crippen LogP contribution in [-0.4, -0.2) is 33.1 Å². The van der Waals surface area contributed by atoms with Gasteiger partial charge in [0.15, 0.2) is 5.82 Å². The molecule has 16 heavy (non-hydrogen) atoms. The van der Waals surface area contributed by atoms with Crippen molar-refractivity contribution in [3.05, 3.63) is 11.7 Å². The lowest BCUT2D eigenvalue weighted by molar-refractivity contribution is -0.142. The van der Waals surface area contributed by atoms with Gasteiger partial charge in [0.25, 0.3) is 5.89 Å². The van der Waals surface area contributed by atoms with Crippen molar-refractivity contribution in [2.24, 2.45) is 0 Å². The second kappa shape index (κ2) is 6.49. The van der Waals surface area contributed by atoms with Gasteiger partial charge in [-0.25, -0.2) is 4.79 Å². The summed E-state index contributed by atoms with van der Waals surface area (Å²) < 4.78 is 9.70. The number of hydrogen-bond donors (Lipinski definition) is 1. The lowest BCUT2D eigenvalue weighted by Gasteiger charge is -1.99. The van der Waals surface area contributed by atoms with E-state index in [1.54, 1.807) is 11.8 Å². The van der Waals surface area contributed by atoms with Crippen LogP contribution in [0.3, 0.4) is 0 Å². The number of carboxylic acids is 1. The van der Waals surface area contributed by atoms with Crippen molar-refractivity contribution >= 4 is 17.7 Å². The minimum Gasteiger partial charge on any atom is -0.480 e. The van der Waals surface area contributed by atoms with E-state index >= 15 is 0 Å². The molecule has 0 fully saturated rings. The average molecular weight is 246 g/mol. The Balaban J connectivity index is 2.30. The number of thioether (sulfide) groups is 1. The smallest absolute Gasteiger partial charge is 0.329 e. The lowest BCUT2D eigenvalue weighted by atomic mass is 10.6. The largest absolute Gasteiger partial charge is 0.480 e. The molecule has 0 spiro atoms. The number of aliphatic carboxylic acids is 1. The van der Waals surface area contributed by atoms with Crippen LogP contribution in [0.1, 0.15) is 25.6 Å². The number of rotatable bonds is 7. The molecule has 0 atom stereocenters. The highest BCUT2D eigenvalue weighted by atomic mass is 32.2. The van der Waals surface area contributed by atoms with E-state index in [4.69, 9.17) is 14.4 Å². The summed E-state index contributed by atoms with van der Waals surface area (Å²) in [5.41, 5.74) is 0. The normalized spacial score (nSPS) is 10.9. The summed E-state index contributed by atoms with van der Waals surface area (Å²) >= 11 is 1.71. The van der Waals surface area contributed by atoms with Crippen molar-refractivity contribution in [2.75, 3.05) is 6.61 Å². The van der Waals surface area contributed by atoms with Gasteiger partial charge in [-0.05, 0) is 5.25 Å². The van der Waals surface area contributed by atoms with Gasteiger partial charge in [0.05, 0.1) is 5.75 Å². The van der Waals surface area contributed by atoms with Crippen molar-refractivity contribution in [3.63, 3.8) is 0 Å². The molecule has 0 saturated heterocycles. The zero-order valence-electron chi connectivity index (χ0n) is 9.17. The second-order valence-electron chi connectivity index (χ2n) is 3.35. The Hall–Kier alpha value is -1.08. The van der Waals surface area contributed by atoms with Gasteiger partial charge < -0.3 is 14.4 Å². The Morgan fingerprint density at radius 2 is 2.38 bits per heavy atom. The number of nitrogens with zero attached hydrogens (tertiary/aromatic N) is 2. The summed E-state index contributed by atoms with van der Waals surface area (Å²) in [7, 11) is 0. The molecule has 0 aromatic carbocycles. The summed E-state index contributed by atoms with van der Waals surface area (Å²) in [6, 6.07) is 0. The van der Waals surface area contributed by atoms with E-state index in [-0.39, 0.29) is 13.2 Å². The summed E-state index contributed by atoms with van der Waals surface area (Å²) in [5.74, 6) is 0.573. The Morgan fingerprint density at radius 3 is 3.00 bits per heavy atom. The summed E-state index contributed by atoms with van der Waals surface area (Å²) in [4.78, 5) is 14.2. The first-order valence-electron chi connectivity index (χ1n) is 4.80. The molecule has 0 bridgehead atoms. The Kier molecular flexibility index (Phi) is 5.27. The maximum absolute atomic E-state index is 10.2. The SMILES string of the molecule is CC(C)SCc1noc(COCC(=O)O)n1. The van der Waals surface area contributed by atoms with Crippen LogP contribution in [0.4, 0.5) is 0 Å². The summed E-state index contributed by atoms with van der Waals surface area (Å²) in [6.07, 6.45) is 0. The second-order valence-corrected chi connectivity index (χ2v) is 4.92. The van der Waals surface area contributed by atoms with E-state index in [1.165, 1.54) is 0 Å². The number of aromatic nitrogens is 2. The molecule has 0 radical (unpaired) electrons. The standard InChI is InChI=1S/C9H14N2O4S/c1-6(2)16-5-7-10-8(15-11-7)3-14-4-9(12)13/h6H,3-5H2,1-2H3,(H,12,13). The molecule has 0 aliphatic rings. The van der Waals surface area contributed by atoms with Crippen LogP contribution in [-0.2, 0) is 21.9 Å². The van der Waals surface area contributed by atoms with Crippen molar-refractivity contribution in [1.82, 2.24) is 10.1 Å². The average Bonchev–Trinajstić information content (AvgIpc) is 2.62. The third kappa shape index (κ3) is 5.13. The number of carboxylic acid groups (broad SMARTS) is 1. The third-order valence-electron chi connectivity index (χ3n) is 1.51. The van der Waals surface area contributed by atoms with Gasteiger partial charge in [0, 0.05) is 0 Å². The molecule has 0 aliphatic heterocycles. The van der Waals surface area contributed by atoms with E-state index in [0.717, 1.165) is 0 Å². The highest BCUT2D eigenvalue weighted by Gasteiger charge is 2.08. The molecule has 0 saturated carbocycles. The fourth-order valence-electron chi connectivity index (χ4n) is 0.874. The van der Waals surface area contributed by atoms with Crippen LogP contribution in [0.2, 0.25) is 0 Å². The van der Waals surface area contributed by atoms with Gasteiger partial charge in [-0.3, -0.25) is 0 Å². The van der Waals surface area contributed by atoms with Crippen LogP contribution in [0.25, 0.3) is 0 Å². The summed E-state index contributed by atoms with van der Waals surface area (Å²) in [5, 5.41) is 12.6. The molecule has 0 amide bonds. The quantitative estimate of drug-likeness (QED) is 0.776. The van der Waals surface area contributed by atoms with Crippen LogP contribution < -0.4 is 0 Å². The number of carbonyl (C=O) groups is 1.